The third-order valence-electron chi connectivity index (χ3n) is 6.73. The summed E-state index contributed by atoms with van der Waals surface area (Å²) in [5.41, 5.74) is 3.65. The molecule has 4 aromatic rings. The molecule has 12 nitrogen and oxygen atoms in total. The topological polar surface area (TPSA) is 127 Å². The molecule has 45 heavy (non-hydrogen) atoms. The Balaban J connectivity index is 1.56. The van der Waals surface area contributed by atoms with Gasteiger partial charge >= 0.3 is 7.82 Å². The molecule has 14 heteroatoms. The van der Waals surface area contributed by atoms with E-state index in [4.69, 9.17) is 18.3 Å². The van der Waals surface area contributed by atoms with Gasteiger partial charge in [-0.3, -0.25) is 18.3 Å². The lowest BCUT2D eigenvalue weighted by Crippen LogP contribution is -2.25. The number of hydrogen-bond donors (Lipinski definition) is 1. The van der Waals surface area contributed by atoms with Gasteiger partial charge in [0, 0.05) is 48.5 Å². The molecule has 0 saturated carbocycles. The number of benzene rings is 1. The van der Waals surface area contributed by atoms with Crippen molar-refractivity contribution in [3.8, 4) is 28.3 Å². The van der Waals surface area contributed by atoms with Gasteiger partial charge in [0.05, 0.1) is 28.8 Å². The number of anilines is 1. The summed E-state index contributed by atoms with van der Waals surface area (Å²) in [5, 5.41) is 17.0. The van der Waals surface area contributed by atoms with Crippen LogP contribution in [0.2, 0.25) is 0 Å². The first-order valence-electron chi connectivity index (χ1n) is 14.9. The Hall–Kier alpha value is -3.64. The van der Waals surface area contributed by atoms with Crippen LogP contribution in [-0.2, 0) is 38.1 Å². The number of rotatable bonds is 7. The Labute approximate surface area is 262 Å². The first-order chi connectivity index (χ1) is 21.0. The smallest absolute Gasteiger partial charge is 0.477 e. The number of nitrogens with one attached hydrogen (secondary N) is 1. The second-order valence-electron chi connectivity index (χ2n) is 12.9. The lowest BCUT2D eigenvalue weighted by Gasteiger charge is -2.31. The molecular weight excluding hydrogens is 600 g/mol. The molecule has 242 valence electrons. The maximum absolute atomic E-state index is 14.7. The summed E-state index contributed by atoms with van der Waals surface area (Å²) in [6.45, 7) is 14.8. The second kappa shape index (κ2) is 12.3. The molecule has 4 heterocycles. The third-order valence-corrected chi connectivity index (χ3v) is 8.71. The van der Waals surface area contributed by atoms with Crippen molar-refractivity contribution in [1.82, 2.24) is 29.8 Å². The van der Waals surface area contributed by atoms with Gasteiger partial charge in [-0.05, 0) is 79.7 Å². The number of ether oxygens (including phenoxy) is 1. The molecule has 1 aliphatic rings. The Morgan fingerprint density at radius 1 is 1.09 bits per heavy atom. The molecule has 0 radical (unpaired) electrons. The first kappa shape index (κ1) is 32.7. The zero-order valence-electron chi connectivity index (χ0n) is 27.2. The van der Waals surface area contributed by atoms with E-state index < -0.39 is 30.9 Å². The number of aromatic nitrogens is 6. The van der Waals surface area contributed by atoms with Crippen LogP contribution >= 0.6 is 7.82 Å². The molecule has 0 amide bonds. The molecule has 0 aliphatic carbocycles. The average Bonchev–Trinajstić information content (AvgIpc) is 3.49. The van der Waals surface area contributed by atoms with Crippen LogP contribution in [0, 0.1) is 5.82 Å². The Morgan fingerprint density at radius 3 is 2.47 bits per heavy atom. The fraction of sp³-hybridized carbons (Fsp3) is 0.484. The zero-order chi connectivity index (χ0) is 32.7. The molecule has 1 aliphatic heterocycles. The highest BCUT2D eigenvalue weighted by atomic mass is 31.2. The molecule has 1 aromatic carbocycles. The molecule has 3 aromatic heterocycles. The van der Waals surface area contributed by atoms with Crippen molar-refractivity contribution in [3.05, 3.63) is 59.3 Å². The largest absolute Gasteiger partial charge is 0.482 e. The summed E-state index contributed by atoms with van der Waals surface area (Å²) < 4.78 is 53.8. The second-order valence-corrected chi connectivity index (χ2v) is 14.4. The SMILES string of the molecule is CCn1ncc2c1-c1cnc(NCOP(=O)(OC(C)(C)C)OC(C)(C)C)c(c1)O[C@H](C)c1cc(F)ccc1-c1nn(C)nc1C2. The predicted octanol–water partition coefficient (Wildman–Crippen LogP) is 7.07. The van der Waals surface area contributed by atoms with E-state index in [0.717, 1.165) is 22.5 Å². The number of phosphoric acid groups is 1. The van der Waals surface area contributed by atoms with E-state index in [1.54, 1.807) is 60.9 Å². The van der Waals surface area contributed by atoms with Crippen LogP contribution in [-0.4, -0.2) is 47.7 Å². The quantitative estimate of drug-likeness (QED) is 0.165. The maximum Gasteiger partial charge on any atom is 0.477 e. The van der Waals surface area contributed by atoms with Crippen molar-refractivity contribution in [2.45, 2.75) is 85.7 Å². The summed E-state index contributed by atoms with van der Waals surface area (Å²) in [4.78, 5) is 6.19. The van der Waals surface area contributed by atoms with E-state index in [-0.39, 0.29) is 6.73 Å². The lowest BCUT2D eigenvalue weighted by molar-refractivity contribution is 0.00549. The number of halogens is 1. The van der Waals surface area contributed by atoms with Crippen molar-refractivity contribution >= 4 is 13.6 Å². The van der Waals surface area contributed by atoms with E-state index in [1.807, 2.05) is 30.8 Å². The van der Waals surface area contributed by atoms with Crippen LogP contribution < -0.4 is 10.1 Å². The molecule has 0 spiro atoms. The fourth-order valence-corrected chi connectivity index (χ4v) is 6.85. The number of pyridine rings is 1. The minimum atomic E-state index is -3.99. The monoisotopic (exact) mass is 641 g/mol. The molecule has 0 fully saturated rings. The van der Waals surface area contributed by atoms with E-state index in [2.05, 4.69) is 25.6 Å². The van der Waals surface area contributed by atoms with E-state index in [9.17, 15) is 8.96 Å². The molecule has 5 rings (SSSR count). The van der Waals surface area contributed by atoms with Crippen molar-refractivity contribution in [1.29, 1.82) is 0 Å². The normalized spacial score (nSPS) is 15.3. The van der Waals surface area contributed by atoms with E-state index in [0.29, 0.717) is 41.4 Å². The minimum Gasteiger partial charge on any atom is -0.482 e. The summed E-state index contributed by atoms with van der Waals surface area (Å²) in [6, 6.07) is 6.40. The van der Waals surface area contributed by atoms with Gasteiger partial charge in [0.1, 0.15) is 24.3 Å². The average molecular weight is 642 g/mol. The highest BCUT2D eigenvalue weighted by Crippen LogP contribution is 2.55. The first-order valence-corrected chi connectivity index (χ1v) is 16.3. The van der Waals surface area contributed by atoms with Gasteiger partial charge < -0.3 is 10.1 Å². The molecule has 2 bridgehead atoms. The predicted molar refractivity (Wildman–Crippen MR) is 168 cm³/mol. The van der Waals surface area contributed by atoms with Crippen LogP contribution in [0.15, 0.2) is 36.7 Å². The Kier molecular flexibility index (Phi) is 8.93. The van der Waals surface area contributed by atoms with Crippen LogP contribution in [0.1, 0.15) is 78.3 Å². The van der Waals surface area contributed by atoms with Gasteiger partial charge in [0.15, 0.2) is 11.6 Å². The number of fused-ring (bicyclic) bond motifs is 7. The summed E-state index contributed by atoms with van der Waals surface area (Å²) in [5.74, 6) is 0.292. The van der Waals surface area contributed by atoms with Gasteiger partial charge in [0.25, 0.3) is 0 Å². The summed E-state index contributed by atoms with van der Waals surface area (Å²) >= 11 is 0. The number of aryl methyl sites for hydroxylation is 2. The third kappa shape index (κ3) is 7.61. The molecular formula is C31H41FN7O5P. The van der Waals surface area contributed by atoms with Crippen molar-refractivity contribution < 1.29 is 27.3 Å². The van der Waals surface area contributed by atoms with Crippen LogP contribution in [0.3, 0.4) is 0 Å². The van der Waals surface area contributed by atoms with Gasteiger partial charge in [-0.15, -0.1) is 0 Å². The van der Waals surface area contributed by atoms with Gasteiger partial charge in [-0.25, -0.2) is 13.9 Å². The summed E-state index contributed by atoms with van der Waals surface area (Å²) in [7, 11) is -2.23. The summed E-state index contributed by atoms with van der Waals surface area (Å²) in [6.07, 6.45) is 3.35. The van der Waals surface area contributed by atoms with Crippen LogP contribution in [0.5, 0.6) is 5.75 Å². The number of hydrogen-bond acceptors (Lipinski definition) is 10. The van der Waals surface area contributed by atoms with Gasteiger partial charge in [0.2, 0.25) is 0 Å². The highest BCUT2D eigenvalue weighted by Gasteiger charge is 2.37. The molecule has 0 saturated heterocycles. The Bertz CT molecular complexity index is 1720. The molecule has 1 N–H and O–H groups in total. The highest BCUT2D eigenvalue weighted by molar-refractivity contribution is 7.48. The molecule has 0 unspecified atom stereocenters. The van der Waals surface area contributed by atoms with Crippen molar-refractivity contribution in [2.75, 3.05) is 12.0 Å². The lowest BCUT2D eigenvalue weighted by atomic mass is 9.96. The number of phosphoric ester groups is 1. The van der Waals surface area contributed by atoms with Crippen molar-refractivity contribution in [2.24, 2.45) is 7.05 Å². The van der Waals surface area contributed by atoms with Gasteiger partial charge in [-0.2, -0.15) is 20.1 Å². The van der Waals surface area contributed by atoms with Crippen LogP contribution in [0.25, 0.3) is 22.5 Å². The maximum atomic E-state index is 14.7. The van der Waals surface area contributed by atoms with Gasteiger partial charge in [-0.1, -0.05) is 0 Å². The zero-order valence-corrected chi connectivity index (χ0v) is 28.1. The van der Waals surface area contributed by atoms with E-state index in [1.165, 1.54) is 16.9 Å². The van der Waals surface area contributed by atoms with Crippen LogP contribution in [0.4, 0.5) is 10.2 Å². The standard InChI is InChI=1S/C31H41FN7O5P/c1-10-39-28-20(17-35-39)13-25-27(37-38(9)36-25)23-12-11-22(32)15-24(23)19(2)42-26-14-21(28)16-33-29(26)34-18-41-45(40,43-30(3,4)5)44-31(6,7)8/h11-12,14-17,19H,10,13,18H2,1-9H3,(H,33,34)/t19-/m1/s1. The molecule has 1 atom stereocenters. The number of nitrogens with zero attached hydrogens (tertiary/aromatic N) is 6. The van der Waals surface area contributed by atoms with Crippen molar-refractivity contribution in [3.63, 3.8) is 0 Å². The Morgan fingerprint density at radius 2 is 1.80 bits per heavy atom. The fourth-order valence-electron chi connectivity index (χ4n) is 5.14. The minimum absolute atomic E-state index is 0.257. The van der Waals surface area contributed by atoms with E-state index >= 15 is 0 Å².